The van der Waals surface area contributed by atoms with Crippen molar-refractivity contribution in [2.75, 3.05) is 0 Å². The number of carbonyl (C=O) groups excluding carboxylic acids is 1. The minimum absolute atomic E-state index is 0.0903. The molecule has 4 heteroatoms. The number of carbonyl (C=O) groups is 1. The third kappa shape index (κ3) is 3.07. The molecule has 0 saturated heterocycles. The molecule has 0 N–H and O–H groups in total. The second kappa shape index (κ2) is 5.90. The minimum Gasteiger partial charge on any atom is -0.436 e. The molecule has 2 rings (SSSR count). The number of aromatic nitrogens is 1. The zero-order valence-corrected chi connectivity index (χ0v) is 12.4. The summed E-state index contributed by atoms with van der Waals surface area (Å²) in [5.41, 5.74) is 1.75. The van der Waals surface area contributed by atoms with Gasteiger partial charge in [0.2, 0.25) is 5.76 Å². The van der Waals surface area contributed by atoms with Crippen LogP contribution in [-0.4, -0.2) is 21.8 Å². The van der Waals surface area contributed by atoms with Gasteiger partial charge in [0.05, 0.1) is 5.69 Å². The highest BCUT2D eigenvalue weighted by Crippen LogP contribution is 2.17. The summed E-state index contributed by atoms with van der Waals surface area (Å²) in [4.78, 5) is 18.6. The summed E-state index contributed by atoms with van der Waals surface area (Å²) in [6, 6.07) is 10.0. The first-order valence-corrected chi connectivity index (χ1v) is 6.78. The maximum Gasteiger partial charge on any atom is 0.292 e. The Hall–Kier alpha value is -2.10. The van der Waals surface area contributed by atoms with Gasteiger partial charge in [0.1, 0.15) is 0 Å². The van der Waals surface area contributed by atoms with Crippen LogP contribution < -0.4 is 0 Å². The zero-order chi connectivity index (χ0) is 14.7. The van der Waals surface area contributed by atoms with Gasteiger partial charge < -0.3 is 9.32 Å². The van der Waals surface area contributed by atoms with Gasteiger partial charge in [-0.25, -0.2) is 4.98 Å². The Morgan fingerprint density at radius 3 is 2.40 bits per heavy atom. The monoisotopic (exact) mass is 272 g/mol. The Morgan fingerprint density at radius 1 is 1.25 bits per heavy atom. The Bertz CT molecular complexity index is 588. The quantitative estimate of drug-likeness (QED) is 0.857. The van der Waals surface area contributed by atoms with Crippen LogP contribution in [0.2, 0.25) is 0 Å². The summed E-state index contributed by atoms with van der Waals surface area (Å²) in [6.45, 7) is 8.11. The number of oxazole rings is 1. The van der Waals surface area contributed by atoms with Gasteiger partial charge in [0.15, 0.2) is 5.89 Å². The molecule has 1 aromatic heterocycles. The number of hydrogen-bond acceptors (Lipinski definition) is 3. The van der Waals surface area contributed by atoms with Crippen LogP contribution in [0.5, 0.6) is 0 Å². The molecule has 1 aromatic carbocycles. The van der Waals surface area contributed by atoms with E-state index in [9.17, 15) is 4.79 Å². The van der Waals surface area contributed by atoms with E-state index in [1.54, 1.807) is 18.7 Å². The molecule has 1 amide bonds. The highest BCUT2D eigenvalue weighted by Gasteiger charge is 2.24. The summed E-state index contributed by atoms with van der Waals surface area (Å²) in [6.07, 6.45) is 0. The maximum atomic E-state index is 12.6. The van der Waals surface area contributed by atoms with Crippen molar-refractivity contribution in [3.05, 3.63) is 53.2 Å². The Morgan fingerprint density at radius 2 is 1.90 bits per heavy atom. The minimum atomic E-state index is -0.109. The highest BCUT2D eigenvalue weighted by molar-refractivity contribution is 5.92. The summed E-state index contributed by atoms with van der Waals surface area (Å²) in [5.74, 6) is 0.753. The van der Waals surface area contributed by atoms with E-state index in [1.165, 1.54) is 0 Å². The van der Waals surface area contributed by atoms with Crippen molar-refractivity contribution >= 4 is 5.91 Å². The van der Waals surface area contributed by atoms with Crippen molar-refractivity contribution in [2.24, 2.45) is 0 Å². The van der Waals surface area contributed by atoms with Crippen molar-refractivity contribution in [2.45, 2.75) is 40.3 Å². The molecule has 0 aliphatic rings. The molecule has 0 spiro atoms. The predicted molar refractivity (Wildman–Crippen MR) is 77.4 cm³/mol. The zero-order valence-electron chi connectivity index (χ0n) is 12.4. The molecule has 0 aliphatic carbocycles. The molecule has 0 atom stereocenters. The van der Waals surface area contributed by atoms with E-state index < -0.39 is 0 Å². The van der Waals surface area contributed by atoms with Gasteiger partial charge in [0, 0.05) is 19.5 Å². The number of amides is 1. The molecule has 4 nitrogen and oxygen atoms in total. The highest BCUT2D eigenvalue weighted by atomic mass is 16.4. The maximum absolute atomic E-state index is 12.6. The molecule has 2 aromatic rings. The lowest BCUT2D eigenvalue weighted by Crippen LogP contribution is -2.36. The fourth-order valence-corrected chi connectivity index (χ4v) is 2.13. The van der Waals surface area contributed by atoms with Gasteiger partial charge in [-0.3, -0.25) is 4.79 Å². The topological polar surface area (TPSA) is 46.3 Å². The lowest BCUT2D eigenvalue weighted by Gasteiger charge is -2.26. The Labute approximate surface area is 119 Å². The third-order valence-electron chi connectivity index (χ3n) is 3.18. The smallest absolute Gasteiger partial charge is 0.292 e. The van der Waals surface area contributed by atoms with Crippen molar-refractivity contribution in [3.63, 3.8) is 0 Å². The summed E-state index contributed by atoms with van der Waals surface area (Å²) < 4.78 is 5.44. The van der Waals surface area contributed by atoms with Crippen LogP contribution in [0.3, 0.4) is 0 Å². The Kier molecular flexibility index (Phi) is 4.23. The molecule has 20 heavy (non-hydrogen) atoms. The van der Waals surface area contributed by atoms with E-state index in [-0.39, 0.29) is 11.9 Å². The fraction of sp³-hybridized carbons (Fsp3) is 0.375. The average molecular weight is 272 g/mol. The number of hydrogen-bond donors (Lipinski definition) is 0. The van der Waals surface area contributed by atoms with Crippen LogP contribution in [0.4, 0.5) is 0 Å². The Balaban J connectivity index is 2.25. The molecule has 0 saturated carbocycles. The lowest BCUT2D eigenvalue weighted by molar-refractivity contribution is 0.0655. The average Bonchev–Trinajstić information content (AvgIpc) is 2.75. The summed E-state index contributed by atoms with van der Waals surface area (Å²) in [5, 5.41) is 0. The van der Waals surface area contributed by atoms with Crippen molar-refractivity contribution in [3.8, 4) is 0 Å². The van der Waals surface area contributed by atoms with E-state index in [0.29, 0.717) is 23.9 Å². The van der Waals surface area contributed by atoms with Gasteiger partial charge in [-0.15, -0.1) is 0 Å². The normalized spacial score (nSPS) is 10.8. The van der Waals surface area contributed by atoms with Gasteiger partial charge >= 0.3 is 0 Å². The van der Waals surface area contributed by atoms with Crippen LogP contribution in [0.15, 0.2) is 34.7 Å². The SMILES string of the molecule is Cc1nc(C)c(C(=O)N(Cc2ccccc2)C(C)C)o1. The number of aryl methyl sites for hydroxylation is 2. The molecule has 106 valence electrons. The standard InChI is InChI=1S/C16H20N2O2/c1-11(2)18(10-14-8-6-5-7-9-14)16(19)15-12(3)17-13(4)20-15/h5-9,11H,10H2,1-4H3. The molecule has 0 bridgehead atoms. The number of nitrogens with zero attached hydrogens (tertiary/aromatic N) is 2. The van der Waals surface area contributed by atoms with E-state index in [0.717, 1.165) is 5.56 Å². The molecular formula is C16H20N2O2. The largest absolute Gasteiger partial charge is 0.436 e. The van der Waals surface area contributed by atoms with E-state index in [4.69, 9.17) is 4.42 Å². The van der Waals surface area contributed by atoms with Gasteiger partial charge in [-0.05, 0) is 26.3 Å². The van der Waals surface area contributed by atoms with Crippen molar-refractivity contribution in [1.82, 2.24) is 9.88 Å². The molecule has 0 aliphatic heterocycles. The summed E-state index contributed by atoms with van der Waals surface area (Å²) in [7, 11) is 0. The second-order valence-corrected chi connectivity index (χ2v) is 5.16. The summed E-state index contributed by atoms with van der Waals surface area (Å²) >= 11 is 0. The molecule has 1 heterocycles. The molecular weight excluding hydrogens is 252 g/mol. The van der Waals surface area contributed by atoms with Gasteiger partial charge in [-0.2, -0.15) is 0 Å². The van der Waals surface area contributed by atoms with Crippen LogP contribution in [-0.2, 0) is 6.54 Å². The van der Waals surface area contributed by atoms with Crippen LogP contribution in [0, 0.1) is 13.8 Å². The van der Waals surface area contributed by atoms with E-state index in [1.807, 2.05) is 44.2 Å². The van der Waals surface area contributed by atoms with E-state index >= 15 is 0 Å². The molecule has 0 unspecified atom stereocenters. The first-order valence-electron chi connectivity index (χ1n) is 6.78. The second-order valence-electron chi connectivity index (χ2n) is 5.16. The number of rotatable bonds is 4. The lowest BCUT2D eigenvalue weighted by atomic mass is 10.1. The van der Waals surface area contributed by atoms with Crippen molar-refractivity contribution in [1.29, 1.82) is 0 Å². The fourth-order valence-electron chi connectivity index (χ4n) is 2.13. The number of benzene rings is 1. The third-order valence-corrected chi connectivity index (χ3v) is 3.18. The van der Waals surface area contributed by atoms with Gasteiger partial charge in [-0.1, -0.05) is 30.3 Å². The first-order chi connectivity index (χ1) is 9.49. The van der Waals surface area contributed by atoms with E-state index in [2.05, 4.69) is 4.98 Å². The van der Waals surface area contributed by atoms with Gasteiger partial charge in [0.25, 0.3) is 5.91 Å². The van der Waals surface area contributed by atoms with Crippen molar-refractivity contribution < 1.29 is 9.21 Å². The molecule has 0 radical (unpaired) electrons. The first kappa shape index (κ1) is 14.3. The van der Waals surface area contributed by atoms with Crippen LogP contribution in [0.25, 0.3) is 0 Å². The van der Waals surface area contributed by atoms with Crippen LogP contribution >= 0.6 is 0 Å². The van der Waals surface area contributed by atoms with Crippen LogP contribution in [0.1, 0.15) is 41.6 Å². The predicted octanol–water partition coefficient (Wildman–Crippen LogP) is 3.34. The molecule has 0 fully saturated rings.